The van der Waals surface area contributed by atoms with E-state index in [0.717, 1.165) is 40.7 Å². The van der Waals surface area contributed by atoms with Crippen LogP contribution in [0.3, 0.4) is 0 Å². The normalized spacial score (nSPS) is 11.2. The zero-order valence-electron chi connectivity index (χ0n) is 13.7. The molecule has 0 bridgehead atoms. The molecule has 0 saturated heterocycles. The van der Waals surface area contributed by atoms with Gasteiger partial charge in [-0.15, -0.1) is 11.3 Å². The average molecular weight is 326 g/mol. The molecule has 0 aliphatic heterocycles. The summed E-state index contributed by atoms with van der Waals surface area (Å²) in [5.74, 6) is 0. The van der Waals surface area contributed by atoms with E-state index in [1.54, 1.807) is 22.2 Å². The summed E-state index contributed by atoms with van der Waals surface area (Å²) in [6, 6.07) is 8.32. The molecule has 23 heavy (non-hydrogen) atoms. The van der Waals surface area contributed by atoms with Crippen LogP contribution in [0.15, 0.2) is 40.8 Å². The van der Waals surface area contributed by atoms with Gasteiger partial charge in [-0.05, 0) is 18.9 Å². The Morgan fingerprint density at radius 2 is 1.91 bits per heavy atom. The van der Waals surface area contributed by atoms with Crippen molar-refractivity contribution in [1.82, 2.24) is 9.55 Å². The van der Waals surface area contributed by atoms with Crippen molar-refractivity contribution in [2.45, 2.75) is 46.1 Å². The molecule has 0 aliphatic rings. The number of rotatable bonds is 6. The third kappa shape index (κ3) is 3.37. The van der Waals surface area contributed by atoms with E-state index in [4.69, 9.17) is 0 Å². The Labute approximate surface area is 140 Å². The third-order valence-corrected chi connectivity index (χ3v) is 5.06. The highest BCUT2D eigenvalue weighted by atomic mass is 32.1. The first-order chi connectivity index (χ1) is 11.2. The Hall–Kier alpha value is -1.94. The number of aryl methyl sites for hydroxylation is 2. The summed E-state index contributed by atoms with van der Waals surface area (Å²) >= 11 is 1.54. The molecule has 2 heterocycles. The molecule has 120 valence electrons. The van der Waals surface area contributed by atoms with E-state index in [-0.39, 0.29) is 5.56 Å². The first-order valence-electron chi connectivity index (χ1n) is 8.24. The Kier molecular flexibility index (Phi) is 4.91. The van der Waals surface area contributed by atoms with E-state index in [9.17, 15) is 4.79 Å². The van der Waals surface area contributed by atoms with Crippen LogP contribution in [-0.2, 0) is 6.54 Å². The van der Waals surface area contributed by atoms with Gasteiger partial charge in [0.15, 0.2) is 0 Å². The summed E-state index contributed by atoms with van der Waals surface area (Å²) in [5, 5.41) is 2.81. The number of unbranched alkanes of at least 4 members (excludes halogenated alkanes) is 3. The van der Waals surface area contributed by atoms with E-state index < -0.39 is 0 Å². The maximum Gasteiger partial charge on any atom is 0.262 e. The number of thiophene rings is 1. The molecule has 0 atom stereocenters. The smallest absolute Gasteiger partial charge is 0.262 e. The quantitative estimate of drug-likeness (QED) is 0.597. The summed E-state index contributed by atoms with van der Waals surface area (Å²) in [4.78, 5) is 18.2. The van der Waals surface area contributed by atoms with Crippen LogP contribution in [0, 0.1) is 6.92 Å². The minimum Gasteiger partial charge on any atom is -0.299 e. The molecule has 3 nitrogen and oxygen atoms in total. The summed E-state index contributed by atoms with van der Waals surface area (Å²) < 4.78 is 1.77. The summed E-state index contributed by atoms with van der Waals surface area (Å²) in [5.41, 5.74) is 3.40. The fraction of sp³-hybridized carbons (Fsp3) is 0.368. The van der Waals surface area contributed by atoms with Crippen molar-refractivity contribution in [1.29, 1.82) is 0 Å². The lowest BCUT2D eigenvalue weighted by Crippen LogP contribution is -2.20. The minimum atomic E-state index is 0.0864. The Bertz CT molecular complexity index is 846. The molecule has 0 unspecified atom stereocenters. The highest BCUT2D eigenvalue weighted by Gasteiger charge is 2.13. The highest BCUT2D eigenvalue weighted by molar-refractivity contribution is 7.17. The van der Waals surface area contributed by atoms with Crippen LogP contribution in [0.2, 0.25) is 0 Å². The van der Waals surface area contributed by atoms with Gasteiger partial charge in [0.2, 0.25) is 0 Å². The molecule has 3 rings (SSSR count). The molecular weight excluding hydrogens is 304 g/mol. The molecule has 3 aromatic rings. The van der Waals surface area contributed by atoms with Gasteiger partial charge in [-0.1, -0.05) is 56.0 Å². The molecule has 1 aromatic carbocycles. The zero-order valence-corrected chi connectivity index (χ0v) is 14.5. The van der Waals surface area contributed by atoms with Crippen LogP contribution >= 0.6 is 11.3 Å². The van der Waals surface area contributed by atoms with Crippen LogP contribution < -0.4 is 5.56 Å². The summed E-state index contributed by atoms with van der Waals surface area (Å²) in [6.45, 7) is 5.02. The molecule has 0 fully saturated rings. The lowest BCUT2D eigenvalue weighted by Gasteiger charge is -2.06. The van der Waals surface area contributed by atoms with Gasteiger partial charge in [-0.25, -0.2) is 4.98 Å². The van der Waals surface area contributed by atoms with Gasteiger partial charge in [0.1, 0.15) is 4.83 Å². The summed E-state index contributed by atoms with van der Waals surface area (Å²) in [7, 11) is 0. The van der Waals surface area contributed by atoms with Gasteiger partial charge in [0.05, 0.1) is 11.7 Å². The molecule has 2 aromatic heterocycles. The van der Waals surface area contributed by atoms with Gasteiger partial charge in [0, 0.05) is 17.5 Å². The second-order valence-corrected chi connectivity index (χ2v) is 6.86. The van der Waals surface area contributed by atoms with E-state index >= 15 is 0 Å². The number of hydrogen-bond donors (Lipinski definition) is 0. The number of nitrogens with zero attached hydrogens (tertiary/aromatic N) is 2. The topological polar surface area (TPSA) is 34.9 Å². The molecule has 0 saturated carbocycles. The lowest BCUT2D eigenvalue weighted by atomic mass is 10.1. The van der Waals surface area contributed by atoms with Crippen molar-refractivity contribution < 1.29 is 0 Å². The second kappa shape index (κ2) is 7.09. The number of hydrogen-bond acceptors (Lipinski definition) is 3. The molecule has 0 radical (unpaired) electrons. The first-order valence-corrected chi connectivity index (χ1v) is 9.12. The van der Waals surface area contributed by atoms with Gasteiger partial charge in [-0.2, -0.15) is 0 Å². The Morgan fingerprint density at radius 3 is 2.65 bits per heavy atom. The van der Waals surface area contributed by atoms with Crippen LogP contribution in [0.5, 0.6) is 0 Å². The maximum absolute atomic E-state index is 12.8. The summed E-state index contributed by atoms with van der Waals surface area (Å²) in [6.07, 6.45) is 6.32. The minimum absolute atomic E-state index is 0.0864. The third-order valence-electron chi connectivity index (χ3n) is 4.18. The molecule has 0 N–H and O–H groups in total. The van der Waals surface area contributed by atoms with Crippen molar-refractivity contribution in [2.75, 3.05) is 0 Å². The van der Waals surface area contributed by atoms with Gasteiger partial charge in [0.25, 0.3) is 5.56 Å². The molecule has 0 amide bonds. The molecule has 0 spiro atoms. The van der Waals surface area contributed by atoms with Gasteiger partial charge >= 0.3 is 0 Å². The van der Waals surface area contributed by atoms with Crippen LogP contribution in [0.1, 0.15) is 38.2 Å². The predicted octanol–water partition coefficient (Wildman–Crippen LogP) is 5.01. The van der Waals surface area contributed by atoms with E-state index in [2.05, 4.69) is 43.1 Å². The molecular formula is C19H22N2OS. The van der Waals surface area contributed by atoms with Crippen molar-refractivity contribution >= 4 is 21.6 Å². The number of aromatic nitrogens is 2. The Balaban J connectivity index is 1.97. The highest BCUT2D eigenvalue weighted by Crippen LogP contribution is 2.30. The van der Waals surface area contributed by atoms with Crippen molar-refractivity contribution in [3.63, 3.8) is 0 Å². The molecule has 4 heteroatoms. The Morgan fingerprint density at radius 1 is 1.13 bits per heavy atom. The van der Waals surface area contributed by atoms with Crippen molar-refractivity contribution in [3.05, 3.63) is 51.9 Å². The van der Waals surface area contributed by atoms with Gasteiger partial charge < -0.3 is 0 Å². The van der Waals surface area contributed by atoms with Crippen LogP contribution in [0.4, 0.5) is 0 Å². The SMILES string of the molecule is CCCCCCn1cnc2scc(-c3ccc(C)cc3)c2c1=O. The van der Waals surface area contributed by atoms with E-state index in [1.807, 2.05) is 5.38 Å². The first kappa shape index (κ1) is 15.9. The van der Waals surface area contributed by atoms with Crippen molar-refractivity contribution in [3.8, 4) is 11.1 Å². The standard InChI is InChI=1S/C19H22N2OS/c1-3-4-5-6-11-21-13-20-18-17(19(21)22)16(12-23-18)15-9-7-14(2)8-10-15/h7-10,12-13H,3-6,11H2,1-2H3. The maximum atomic E-state index is 12.8. The van der Waals surface area contributed by atoms with E-state index in [0.29, 0.717) is 0 Å². The largest absolute Gasteiger partial charge is 0.299 e. The number of benzene rings is 1. The van der Waals surface area contributed by atoms with Crippen LogP contribution in [0.25, 0.3) is 21.3 Å². The van der Waals surface area contributed by atoms with Gasteiger partial charge in [-0.3, -0.25) is 9.36 Å². The number of fused-ring (bicyclic) bond motifs is 1. The van der Waals surface area contributed by atoms with E-state index in [1.165, 1.54) is 18.4 Å². The average Bonchev–Trinajstić information content (AvgIpc) is 2.99. The van der Waals surface area contributed by atoms with Crippen molar-refractivity contribution in [2.24, 2.45) is 0 Å². The molecule has 0 aliphatic carbocycles. The zero-order chi connectivity index (χ0) is 16.2. The van der Waals surface area contributed by atoms with Crippen LogP contribution in [-0.4, -0.2) is 9.55 Å². The monoisotopic (exact) mass is 326 g/mol. The second-order valence-electron chi connectivity index (χ2n) is 6.00. The lowest BCUT2D eigenvalue weighted by molar-refractivity contribution is 0.568. The fourth-order valence-electron chi connectivity index (χ4n) is 2.78. The fourth-order valence-corrected chi connectivity index (χ4v) is 3.69. The predicted molar refractivity (Wildman–Crippen MR) is 98.2 cm³/mol.